The number of hydrogen-bond acceptors (Lipinski definition) is 4. The van der Waals surface area contributed by atoms with Crippen LogP contribution in [0, 0.1) is 0 Å². The van der Waals surface area contributed by atoms with Crippen molar-refractivity contribution >= 4 is 35.3 Å². The van der Waals surface area contributed by atoms with Crippen LogP contribution in [-0.4, -0.2) is 23.9 Å². The van der Waals surface area contributed by atoms with Gasteiger partial charge >= 0.3 is 0 Å². The van der Waals surface area contributed by atoms with Crippen molar-refractivity contribution in [2.24, 2.45) is 0 Å². The van der Waals surface area contributed by atoms with E-state index >= 15 is 0 Å². The Morgan fingerprint density at radius 1 is 0.500 bits per heavy atom. The lowest BCUT2D eigenvalue weighted by Gasteiger charge is -2.30. The number of rotatable bonds is 6. The van der Waals surface area contributed by atoms with Gasteiger partial charge in [-0.2, -0.15) is 0 Å². The van der Waals surface area contributed by atoms with Crippen LogP contribution in [0.4, 0.5) is 0 Å². The highest BCUT2D eigenvalue weighted by atomic mass is 32.2. The SMILES string of the molecule is CSc1ccc(C(O)(c2ccc(SC)cc2)c2ccc(SC)cc2)cc1. The maximum atomic E-state index is 11.9. The minimum absolute atomic E-state index is 0.879. The Balaban J connectivity index is 2.15. The summed E-state index contributed by atoms with van der Waals surface area (Å²) in [6, 6.07) is 24.5. The second-order valence-corrected chi connectivity index (χ2v) is 8.53. The molecule has 0 amide bonds. The number of thioether (sulfide) groups is 3. The van der Waals surface area contributed by atoms with Crippen LogP contribution < -0.4 is 0 Å². The molecule has 0 unspecified atom stereocenters. The molecule has 3 aromatic carbocycles. The van der Waals surface area contributed by atoms with E-state index in [1.807, 2.05) is 36.4 Å². The van der Waals surface area contributed by atoms with Crippen molar-refractivity contribution in [1.29, 1.82) is 0 Å². The van der Waals surface area contributed by atoms with Crippen molar-refractivity contribution in [3.05, 3.63) is 89.5 Å². The van der Waals surface area contributed by atoms with Crippen molar-refractivity contribution in [2.45, 2.75) is 20.3 Å². The molecule has 1 nitrogen and oxygen atoms in total. The Morgan fingerprint density at radius 2 is 0.731 bits per heavy atom. The normalized spacial score (nSPS) is 11.5. The Hall–Kier alpha value is -1.33. The molecule has 0 atom stereocenters. The first-order chi connectivity index (χ1) is 12.6. The third-order valence-electron chi connectivity index (χ3n) is 4.52. The third kappa shape index (κ3) is 3.84. The van der Waals surface area contributed by atoms with E-state index in [0.29, 0.717) is 0 Å². The summed E-state index contributed by atoms with van der Waals surface area (Å²) < 4.78 is 0. The second-order valence-electron chi connectivity index (χ2n) is 5.90. The Morgan fingerprint density at radius 3 is 0.923 bits per heavy atom. The van der Waals surface area contributed by atoms with Gasteiger partial charge in [0.05, 0.1) is 0 Å². The average molecular weight is 399 g/mol. The zero-order chi connectivity index (χ0) is 18.6. The predicted molar refractivity (Wildman–Crippen MR) is 117 cm³/mol. The highest BCUT2D eigenvalue weighted by molar-refractivity contribution is 7.99. The van der Waals surface area contributed by atoms with Crippen molar-refractivity contribution in [3.8, 4) is 0 Å². The Kier molecular flexibility index (Phi) is 6.41. The van der Waals surface area contributed by atoms with Gasteiger partial charge in [-0.1, -0.05) is 36.4 Å². The van der Waals surface area contributed by atoms with Crippen LogP contribution in [0.25, 0.3) is 0 Å². The first-order valence-corrected chi connectivity index (χ1v) is 11.9. The molecule has 0 saturated carbocycles. The average Bonchev–Trinajstić information content (AvgIpc) is 2.73. The predicted octanol–water partition coefficient (Wildman–Crippen LogP) is 6.14. The van der Waals surface area contributed by atoms with E-state index in [1.54, 1.807) is 35.3 Å². The summed E-state index contributed by atoms with van der Waals surface area (Å²) in [7, 11) is 0. The van der Waals surface area contributed by atoms with Gasteiger partial charge in [0, 0.05) is 14.7 Å². The summed E-state index contributed by atoms with van der Waals surface area (Å²) in [6.45, 7) is 0. The molecule has 26 heavy (non-hydrogen) atoms. The van der Waals surface area contributed by atoms with Crippen LogP contribution in [0.3, 0.4) is 0 Å². The second kappa shape index (κ2) is 8.57. The van der Waals surface area contributed by atoms with Gasteiger partial charge in [-0.05, 0) is 71.9 Å². The van der Waals surface area contributed by atoms with Gasteiger partial charge in [0.25, 0.3) is 0 Å². The van der Waals surface area contributed by atoms with Gasteiger partial charge in [0.1, 0.15) is 5.60 Å². The largest absolute Gasteiger partial charge is 0.376 e. The summed E-state index contributed by atoms with van der Waals surface area (Å²) in [5.74, 6) is 0. The van der Waals surface area contributed by atoms with Gasteiger partial charge in [-0.15, -0.1) is 35.3 Å². The van der Waals surface area contributed by atoms with E-state index in [1.165, 1.54) is 14.7 Å². The fourth-order valence-electron chi connectivity index (χ4n) is 3.00. The molecular weight excluding hydrogens is 376 g/mol. The lowest BCUT2D eigenvalue weighted by molar-refractivity contribution is 0.125. The van der Waals surface area contributed by atoms with Gasteiger partial charge in [0.15, 0.2) is 0 Å². The van der Waals surface area contributed by atoms with E-state index < -0.39 is 5.60 Å². The van der Waals surface area contributed by atoms with Gasteiger partial charge in [0.2, 0.25) is 0 Å². The Labute approximate surface area is 168 Å². The van der Waals surface area contributed by atoms with Gasteiger partial charge < -0.3 is 5.11 Å². The molecule has 134 valence electrons. The zero-order valence-electron chi connectivity index (χ0n) is 15.1. The van der Waals surface area contributed by atoms with Crippen LogP contribution >= 0.6 is 35.3 Å². The van der Waals surface area contributed by atoms with Crippen LogP contribution in [0.1, 0.15) is 16.7 Å². The molecule has 0 fully saturated rings. The standard InChI is InChI=1S/C22H22OS3/c1-24-19-10-4-16(5-11-19)22(23,17-6-12-20(25-2)13-7-17)18-8-14-21(26-3)15-9-18/h4-15,23H,1-3H3. The summed E-state index contributed by atoms with van der Waals surface area (Å²) in [5.41, 5.74) is 1.46. The smallest absolute Gasteiger partial charge is 0.140 e. The van der Waals surface area contributed by atoms with Crippen molar-refractivity contribution < 1.29 is 5.11 Å². The molecule has 0 aliphatic heterocycles. The molecule has 0 spiro atoms. The maximum absolute atomic E-state index is 11.9. The van der Waals surface area contributed by atoms with E-state index in [9.17, 15) is 5.11 Å². The van der Waals surface area contributed by atoms with Crippen molar-refractivity contribution in [2.75, 3.05) is 18.8 Å². The monoisotopic (exact) mass is 398 g/mol. The molecule has 0 aromatic heterocycles. The molecule has 3 rings (SSSR count). The summed E-state index contributed by atoms with van der Waals surface area (Å²) >= 11 is 5.11. The van der Waals surface area contributed by atoms with Crippen LogP contribution in [-0.2, 0) is 5.60 Å². The molecule has 3 aromatic rings. The highest BCUT2D eigenvalue weighted by Crippen LogP contribution is 2.38. The molecule has 0 radical (unpaired) electrons. The number of aliphatic hydroxyl groups is 1. The zero-order valence-corrected chi connectivity index (χ0v) is 17.5. The number of hydrogen-bond donors (Lipinski definition) is 1. The summed E-state index contributed by atoms with van der Waals surface area (Å²) in [4.78, 5) is 3.56. The first kappa shape index (κ1) is 19.4. The van der Waals surface area contributed by atoms with Crippen LogP contribution in [0.2, 0.25) is 0 Å². The molecule has 1 N–H and O–H groups in total. The topological polar surface area (TPSA) is 20.2 Å². The fraction of sp³-hybridized carbons (Fsp3) is 0.182. The van der Waals surface area contributed by atoms with Crippen LogP contribution in [0.15, 0.2) is 87.5 Å². The molecular formula is C22H22OS3. The fourth-order valence-corrected chi connectivity index (χ4v) is 4.22. The first-order valence-electron chi connectivity index (χ1n) is 8.27. The summed E-state index contributed by atoms with van der Waals surface area (Å²) in [5, 5.41) is 11.9. The molecule has 0 aliphatic rings. The minimum atomic E-state index is -1.18. The highest BCUT2D eigenvalue weighted by Gasteiger charge is 2.33. The molecule has 0 saturated heterocycles. The minimum Gasteiger partial charge on any atom is -0.376 e. The molecule has 0 heterocycles. The van der Waals surface area contributed by atoms with E-state index in [4.69, 9.17) is 0 Å². The lowest BCUT2D eigenvalue weighted by Crippen LogP contribution is -2.28. The van der Waals surface area contributed by atoms with Crippen LogP contribution in [0.5, 0.6) is 0 Å². The van der Waals surface area contributed by atoms with E-state index in [2.05, 4.69) is 55.2 Å². The lowest BCUT2D eigenvalue weighted by atomic mass is 9.80. The third-order valence-corrected chi connectivity index (χ3v) is 6.75. The van der Waals surface area contributed by atoms with Gasteiger partial charge in [-0.25, -0.2) is 0 Å². The molecule has 0 bridgehead atoms. The Bertz CT molecular complexity index is 724. The maximum Gasteiger partial charge on any atom is 0.140 e. The molecule has 4 heteroatoms. The van der Waals surface area contributed by atoms with E-state index in [0.717, 1.165) is 16.7 Å². The number of benzene rings is 3. The van der Waals surface area contributed by atoms with E-state index in [-0.39, 0.29) is 0 Å². The summed E-state index contributed by atoms with van der Waals surface area (Å²) in [6.07, 6.45) is 6.18. The van der Waals surface area contributed by atoms with Crippen molar-refractivity contribution in [3.63, 3.8) is 0 Å². The molecule has 0 aliphatic carbocycles. The van der Waals surface area contributed by atoms with Crippen molar-refractivity contribution in [1.82, 2.24) is 0 Å². The van der Waals surface area contributed by atoms with Gasteiger partial charge in [-0.3, -0.25) is 0 Å². The quantitative estimate of drug-likeness (QED) is 0.397.